The van der Waals surface area contributed by atoms with Crippen molar-refractivity contribution in [1.29, 1.82) is 0 Å². The molecule has 2 aliphatic heterocycles. The fraction of sp³-hybridized carbons (Fsp3) is 1.00. The van der Waals surface area contributed by atoms with Gasteiger partial charge in [0.1, 0.15) is 0 Å². The van der Waals surface area contributed by atoms with Crippen molar-refractivity contribution in [2.45, 2.75) is 38.5 Å². The van der Waals surface area contributed by atoms with Gasteiger partial charge in [-0.2, -0.15) is 0 Å². The molecule has 0 radical (unpaired) electrons. The van der Waals surface area contributed by atoms with Crippen molar-refractivity contribution >= 4 is 0 Å². The summed E-state index contributed by atoms with van der Waals surface area (Å²) < 4.78 is 5.39. The highest BCUT2D eigenvalue weighted by Crippen LogP contribution is 2.47. The third-order valence-corrected chi connectivity index (χ3v) is 5.65. The maximum absolute atomic E-state index is 5.39. The van der Waals surface area contributed by atoms with E-state index in [-0.39, 0.29) is 0 Å². The predicted octanol–water partition coefficient (Wildman–Crippen LogP) is 2.12. The molecule has 2 saturated heterocycles. The lowest BCUT2D eigenvalue weighted by molar-refractivity contribution is 0.0775. The number of rotatable bonds is 5. The number of methoxy groups -OCH3 is 1. The van der Waals surface area contributed by atoms with Gasteiger partial charge in [-0.05, 0) is 76.5 Å². The minimum Gasteiger partial charge on any atom is -0.384 e. The molecule has 0 aromatic carbocycles. The summed E-state index contributed by atoms with van der Waals surface area (Å²) in [4.78, 5) is 2.71. The minimum absolute atomic E-state index is 0.538. The van der Waals surface area contributed by atoms with Gasteiger partial charge in [0.05, 0.1) is 6.61 Å². The molecule has 19 heavy (non-hydrogen) atoms. The molecular weight excluding hydrogens is 236 g/mol. The van der Waals surface area contributed by atoms with Crippen LogP contribution in [0.3, 0.4) is 0 Å². The van der Waals surface area contributed by atoms with E-state index in [1.54, 1.807) is 0 Å². The van der Waals surface area contributed by atoms with Gasteiger partial charge in [-0.25, -0.2) is 0 Å². The lowest BCUT2D eigenvalue weighted by Crippen LogP contribution is -2.42. The lowest BCUT2D eigenvalue weighted by atomic mass is 9.79. The molecule has 0 atom stereocenters. The van der Waals surface area contributed by atoms with Crippen molar-refractivity contribution in [1.82, 2.24) is 10.2 Å². The summed E-state index contributed by atoms with van der Waals surface area (Å²) in [5, 5.41) is 3.49. The smallest absolute Gasteiger partial charge is 0.0530 e. The summed E-state index contributed by atoms with van der Waals surface area (Å²) in [7, 11) is 1.85. The second-order valence-electron chi connectivity index (χ2n) is 7.13. The van der Waals surface area contributed by atoms with Crippen molar-refractivity contribution in [2.75, 3.05) is 46.4 Å². The molecule has 0 spiro atoms. The molecule has 3 nitrogen and oxygen atoms in total. The fourth-order valence-electron chi connectivity index (χ4n) is 4.20. The van der Waals surface area contributed by atoms with Crippen LogP contribution < -0.4 is 5.32 Å². The molecule has 3 fully saturated rings. The molecule has 110 valence electrons. The summed E-state index contributed by atoms with van der Waals surface area (Å²) in [6.45, 7) is 7.44. The second kappa shape index (κ2) is 6.11. The van der Waals surface area contributed by atoms with Gasteiger partial charge in [0.15, 0.2) is 0 Å². The molecule has 3 rings (SSSR count). The van der Waals surface area contributed by atoms with E-state index >= 15 is 0 Å². The van der Waals surface area contributed by atoms with Crippen molar-refractivity contribution in [3.05, 3.63) is 0 Å². The Balaban J connectivity index is 1.42. The average molecular weight is 266 g/mol. The second-order valence-corrected chi connectivity index (χ2v) is 7.13. The molecule has 3 heteroatoms. The zero-order valence-corrected chi connectivity index (χ0v) is 12.5. The van der Waals surface area contributed by atoms with E-state index < -0.39 is 0 Å². The van der Waals surface area contributed by atoms with Crippen LogP contribution in [0.4, 0.5) is 0 Å². The van der Waals surface area contributed by atoms with Crippen molar-refractivity contribution in [3.63, 3.8) is 0 Å². The minimum atomic E-state index is 0.538. The van der Waals surface area contributed by atoms with Crippen LogP contribution in [-0.2, 0) is 4.74 Å². The van der Waals surface area contributed by atoms with Gasteiger partial charge in [-0.3, -0.25) is 0 Å². The van der Waals surface area contributed by atoms with Gasteiger partial charge >= 0.3 is 0 Å². The van der Waals surface area contributed by atoms with Crippen LogP contribution in [0.25, 0.3) is 0 Å². The first kappa shape index (κ1) is 13.8. The number of hydrogen-bond donors (Lipinski definition) is 1. The third kappa shape index (κ3) is 3.50. The zero-order chi connectivity index (χ0) is 13.1. The van der Waals surface area contributed by atoms with Crippen molar-refractivity contribution < 1.29 is 4.74 Å². The van der Waals surface area contributed by atoms with Crippen LogP contribution in [0.1, 0.15) is 38.5 Å². The first-order valence-corrected chi connectivity index (χ1v) is 8.23. The summed E-state index contributed by atoms with van der Waals surface area (Å²) in [6.07, 6.45) is 8.47. The normalized spacial score (nSPS) is 29.5. The topological polar surface area (TPSA) is 24.5 Å². The Bertz CT molecular complexity index is 276. The van der Waals surface area contributed by atoms with E-state index in [0.29, 0.717) is 5.41 Å². The molecule has 0 bridgehead atoms. The van der Waals surface area contributed by atoms with E-state index in [0.717, 1.165) is 18.4 Å². The monoisotopic (exact) mass is 266 g/mol. The Kier molecular flexibility index (Phi) is 4.45. The molecule has 0 unspecified atom stereocenters. The van der Waals surface area contributed by atoms with Crippen LogP contribution >= 0.6 is 0 Å². The number of hydrogen-bond acceptors (Lipinski definition) is 3. The van der Waals surface area contributed by atoms with E-state index in [4.69, 9.17) is 4.74 Å². The van der Waals surface area contributed by atoms with Crippen LogP contribution in [0, 0.1) is 17.3 Å². The summed E-state index contributed by atoms with van der Waals surface area (Å²) in [5.41, 5.74) is 0.538. The predicted molar refractivity (Wildman–Crippen MR) is 78.3 cm³/mol. The van der Waals surface area contributed by atoms with Crippen LogP contribution in [-0.4, -0.2) is 51.3 Å². The number of likely N-dealkylation sites (tertiary alicyclic amines) is 1. The Labute approximate surface area is 118 Å². The highest BCUT2D eigenvalue weighted by Gasteiger charge is 2.44. The van der Waals surface area contributed by atoms with Gasteiger partial charge in [0.2, 0.25) is 0 Å². The van der Waals surface area contributed by atoms with Gasteiger partial charge in [-0.1, -0.05) is 0 Å². The van der Waals surface area contributed by atoms with Crippen LogP contribution in [0.2, 0.25) is 0 Å². The molecule has 1 aliphatic carbocycles. The third-order valence-electron chi connectivity index (χ3n) is 5.65. The number of nitrogens with one attached hydrogen (secondary N) is 1. The molecule has 2 heterocycles. The largest absolute Gasteiger partial charge is 0.384 e. The molecule has 0 aromatic rings. The van der Waals surface area contributed by atoms with Gasteiger partial charge in [-0.15, -0.1) is 0 Å². The maximum atomic E-state index is 5.39. The molecular formula is C16H30N2O. The van der Waals surface area contributed by atoms with Crippen molar-refractivity contribution in [3.8, 4) is 0 Å². The first-order chi connectivity index (χ1) is 9.31. The SMILES string of the molecule is COCC1(CN2CCC(C3CCNCC3)CC2)CC1. The number of piperidine rings is 2. The highest BCUT2D eigenvalue weighted by molar-refractivity contribution is 4.96. The summed E-state index contributed by atoms with van der Waals surface area (Å²) >= 11 is 0. The average Bonchev–Trinajstić information content (AvgIpc) is 3.20. The molecule has 0 aromatic heterocycles. The first-order valence-electron chi connectivity index (χ1n) is 8.23. The highest BCUT2D eigenvalue weighted by atomic mass is 16.5. The van der Waals surface area contributed by atoms with Crippen LogP contribution in [0.15, 0.2) is 0 Å². The number of nitrogens with zero attached hydrogens (tertiary/aromatic N) is 1. The summed E-state index contributed by atoms with van der Waals surface area (Å²) in [6, 6.07) is 0. The van der Waals surface area contributed by atoms with E-state index in [1.165, 1.54) is 71.2 Å². The molecule has 0 amide bonds. The Hall–Kier alpha value is -0.120. The fourth-order valence-corrected chi connectivity index (χ4v) is 4.20. The Morgan fingerprint density at radius 3 is 2.26 bits per heavy atom. The van der Waals surface area contributed by atoms with E-state index in [9.17, 15) is 0 Å². The zero-order valence-electron chi connectivity index (χ0n) is 12.5. The Morgan fingerprint density at radius 2 is 1.68 bits per heavy atom. The maximum Gasteiger partial charge on any atom is 0.0530 e. The number of ether oxygens (including phenoxy) is 1. The van der Waals surface area contributed by atoms with Gasteiger partial charge in [0.25, 0.3) is 0 Å². The van der Waals surface area contributed by atoms with Gasteiger partial charge < -0.3 is 15.0 Å². The quantitative estimate of drug-likeness (QED) is 0.825. The van der Waals surface area contributed by atoms with Crippen molar-refractivity contribution in [2.24, 2.45) is 17.3 Å². The molecule has 1 saturated carbocycles. The van der Waals surface area contributed by atoms with Gasteiger partial charge in [0, 0.05) is 19.1 Å². The van der Waals surface area contributed by atoms with Crippen LogP contribution in [0.5, 0.6) is 0 Å². The summed E-state index contributed by atoms with van der Waals surface area (Å²) in [5.74, 6) is 2.02. The Morgan fingerprint density at radius 1 is 1.05 bits per heavy atom. The van der Waals surface area contributed by atoms with E-state index in [2.05, 4.69) is 10.2 Å². The standard InChI is InChI=1S/C16H30N2O/c1-19-13-16(6-7-16)12-18-10-4-15(5-11-18)14-2-8-17-9-3-14/h14-15,17H,2-13H2,1H3. The molecule has 3 aliphatic rings. The molecule has 1 N–H and O–H groups in total. The lowest BCUT2D eigenvalue weighted by Gasteiger charge is -2.39. The van der Waals surface area contributed by atoms with E-state index in [1.807, 2.05) is 7.11 Å².